The minimum atomic E-state index is 0.392. The third kappa shape index (κ3) is 4.12. The number of likely N-dealkylation sites (N-methyl/N-ethyl adjacent to an activating group) is 1. The highest BCUT2D eigenvalue weighted by atomic mass is 79.9. The van der Waals surface area contributed by atoms with E-state index in [2.05, 4.69) is 27.3 Å². The van der Waals surface area contributed by atoms with Crippen molar-refractivity contribution in [1.82, 2.24) is 5.32 Å². The van der Waals surface area contributed by atoms with Gasteiger partial charge in [0, 0.05) is 16.9 Å². The number of halogens is 1. The standard InChI is InChI=1S/C16H20BrNO2/c1-18-14(6-7-15-4-3-9-20-15)11-12-10-13(17)5-8-16(12)19-2/h3-5,8-10,14,18H,6-7,11H2,1-2H3. The van der Waals surface area contributed by atoms with Crippen molar-refractivity contribution >= 4 is 15.9 Å². The lowest BCUT2D eigenvalue weighted by Crippen LogP contribution is -2.28. The van der Waals surface area contributed by atoms with Crippen LogP contribution in [-0.4, -0.2) is 20.2 Å². The molecule has 1 unspecified atom stereocenters. The predicted molar refractivity (Wildman–Crippen MR) is 84.3 cm³/mol. The molecule has 3 nitrogen and oxygen atoms in total. The van der Waals surface area contributed by atoms with E-state index in [1.54, 1.807) is 13.4 Å². The van der Waals surface area contributed by atoms with Crippen LogP contribution in [0.5, 0.6) is 5.75 Å². The van der Waals surface area contributed by atoms with Crippen molar-refractivity contribution in [1.29, 1.82) is 0 Å². The summed E-state index contributed by atoms with van der Waals surface area (Å²) in [5.41, 5.74) is 1.21. The van der Waals surface area contributed by atoms with Gasteiger partial charge >= 0.3 is 0 Å². The van der Waals surface area contributed by atoms with Crippen molar-refractivity contribution in [2.45, 2.75) is 25.3 Å². The molecule has 0 saturated carbocycles. The Labute approximate surface area is 128 Å². The summed E-state index contributed by atoms with van der Waals surface area (Å²) in [5, 5.41) is 3.37. The molecule has 1 N–H and O–H groups in total. The summed E-state index contributed by atoms with van der Waals surface area (Å²) < 4.78 is 11.9. The highest BCUT2D eigenvalue weighted by molar-refractivity contribution is 9.10. The molecule has 1 heterocycles. The van der Waals surface area contributed by atoms with Gasteiger partial charge in [-0.3, -0.25) is 0 Å². The average Bonchev–Trinajstić information content (AvgIpc) is 2.97. The monoisotopic (exact) mass is 337 g/mol. The van der Waals surface area contributed by atoms with Crippen molar-refractivity contribution in [3.63, 3.8) is 0 Å². The Bertz CT molecular complexity index is 525. The number of aryl methyl sites for hydroxylation is 1. The van der Waals surface area contributed by atoms with Crippen LogP contribution in [0.4, 0.5) is 0 Å². The van der Waals surface area contributed by atoms with Crippen LogP contribution in [0.15, 0.2) is 45.5 Å². The minimum Gasteiger partial charge on any atom is -0.496 e. The van der Waals surface area contributed by atoms with Gasteiger partial charge in [0.1, 0.15) is 11.5 Å². The van der Waals surface area contributed by atoms with E-state index < -0.39 is 0 Å². The van der Waals surface area contributed by atoms with Crippen LogP contribution >= 0.6 is 15.9 Å². The molecule has 20 heavy (non-hydrogen) atoms. The van der Waals surface area contributed by atoms with E-state index >= 15 is 0 Å². The topological polar surface area (TPSA) is 34.4 Å². The summed E-state index contributed by atoms with van der Waals surface area (Å²) in [7, 11) is 3.71. The summed E-state index contributed by atoms with van der Waals surface area (Å²) in [6.45, 7) is 0. The first-order chi connectivity index (χ1) is 9.72. The molecule has 108 valence electrons. The maximum Gasteiger partial charge on any atom is 0.122 e. The molecule has 0 aliphatic carbocycles. The Morgan fingerprint density at radius 1 is 1.35 bits per heavy atom. The minimum absolute atomic E-state index is 0.392. The van der Waals surface area contributed by atoms with Gasteiger partial charge in [-0.1, -0.05) is 15.9 Å². The molecule has 0 bridgehead atoms. The summed E-state index contributed by atoms with van der Waals surface area (Å²) in [6, 6.07) is 10.5. The van der Waals surface area contributed by atoms with E-state index in [1.165, 1.54) is 5.56 Å². The molecule has 1 atom stereocenters. The second-order valence-corrected chi connectivity index (χ2v) is 5.68. The fourth-order valence-corrected chi connectivity index (χ4v) is 2.70. The molecule has 0 radical (unpaired) electrons. The second kappa shape index (κ2) is 7.50. The van der Waals surface area contributed by atoms with E-state index in [0.717, 1.165) is 35.2 Å². The molecule has 0 amide bonds. The smallest absolute Gasteiger partial charge is 0.122 e. The zero-order valence-electron chi connectivity index (χ0n) is 11.9. The van der Waals surface area contributed by atoms with E-state index in [0.29, 0.717) is 6.04 Å². The van der Waals surface area contributed by atoms with Crippen molar-refractivity contribution < 1.29 is 9.15 Å². The van der Waals surface area contributed by atoms with Crippen LogP contribution in [0.1, 0.15) is 17.7 Å². The van der Waals surface area contributed by atoms with Crippen LogP contribution in [-0.2, 0) is 12.8 Å². The lowest BCUT2D eigenvalue weighted by atomic mass is 10.0. The zero-order chi connectivity index (χ0) is 14.4. The molecule has 0 saturated heterocycles. The van der Waals surface area contributed by atoms with Gasteiger partial charge in [0.25, 0.3) is 0 Å². The van der Waals surface area contributed by atoms with Crippen molar-refractivity contribution in [2.75, 3.05) is 14.2 Å². The fraction of sp³-hybridized carbons (Fsp3) is 0.375. The Morgan fingerprint density at radius 2 is 2.20 bits per heavy atom. The first-order valence-corrected chi connectivity index (χ1v) is 7.54. The molecule has 2 rings (SSSR count). The quantitative estimate of drug-likeness (QED) is 0.834. The first-order valence-electron chi connectivity index (χ1n) is 6.75. The van der Waals surface area contributed by atoms with Gasteiger partial charge in [-0.2, -0.15) is 0 Å². The number of methoxy groups -OCH3 is 1. The normalized spacial score (nSPS) is 12.3. The molecule has 1 aromatic carbocycles. The number of furan rings is 1. The third-order valence-corrected chi connectivity index (χ3v) is 3.93. The fourth-order valence-electron chi connectivity index (χ4n) is 2.29. The molecule has 0 aliphatic rings. The predicted octanol–water partition coefficient (Wildman–Crippen LogP) is 3.81. The van der Waals surface area contributed by atoms with Crippen LogP contribution in [0, 0.1) is 0 Å². The Balaban J connectivity index is 2.00. The number of benzene rings is 1. The van der Waals surface area contributed by atoms with E-state index in [9.17, 15) is 0 Å². The van der Waals surface area contributed by atoms with E-state index in [-0.39, 0.29) is 0 Å². The lowest BCUT2D eigenvalue weighted by molar-refractivity contribution is 0.403. The summed E-state index contributed by atoms with van der Waals surface area (Å²) in [6.07, 6.45) is 4.62. The number of hydrogen-bond donors (Lipinski definition) is 1. The van der Waals surface area contributed by atoms with Gasteiger partial charge in [-0.05, 0) is 55.8 Å². The Hall–Kier alpha value is -1.26. The Morgan fingerprint density at radius 3 is 2.85 bits per heavy atom. The highest BCUT2D eigenvalue weighted by Crippen LogP contribution is 2.25. The number of rotatable bonds is 7. The number of ether oxygens (including phenoxy) is 1. The van der Waals surface area contributed by atoms with Gasteiger partial charge in [0.05, 0.1) is 13.4 Å². The molecule has 0 aliphatic heterocycles. The van der Waals surface area contributed by atoms with E-state index in [1.807, 2.05) is 31.3 Å². The van der Waals surface area contributed by atoms with E-state index in [4.69, 9.17) is 9.15 Å². The van der Waals surface area contributed by atoms with Gasteiger partial charge < -0.3 is 14.5 Å². The maximum absolute atomic E-state index is 5.43. The highest BCUT2D eigenvalue weighted by Gasteiger charge is 2.12. The molecular weight excluding hydrogens is 318 g/mol. The average molecular weight is 338 g/mol. The number of hydrogen-bond acceptors (Lipinski definition) is 3. The molecule has 0 spiro atoms. The van der Waals surface area contributed by atoms with Gasteiger partial charge in [-0.15, -0.1) is 0 Å². The summed E-state index contributed by atoms with van der Waals surface area (Å²) >= 11 is 3.52. The third-order valence-electron chi connectivity index (χ3n) is 3.44. The second-order valence-electron chi connectivity index (χ2n) is 4.76. The summed E-state index contributed by atoms with van der Waals surface area (Å²) in [5.74, 6) is 1.97. The first kappa shape index (κ1) is 15.1. The molecule has 0 fully saturated rings. The van der Waals surface area contributed by atoms with Crippen molar-refractivity contribution in [2.24, 2.45) is 0 Å². The molecule has 1 aromatic heterocycles. The van der Waals surface area contributed by atoms with Crippen LogP contribution in [0.2, 0.25) is 0 Å². The van der Waals surface area contributed by atoms with Crippen molar-refractivity contribution in [3.8, 4) is 5.75 Å². The zero-order valence-corrected chi connectivity index (χ0v) is 13.4. The molecular formula is C16H20BrNO2. The van der Waals surface area contributed by atoms with Gasteiger partial charge in [0.15, 0.2) is 0 Å². The molecule has 4 heteroatoms. The lowest BCUT2D eigenvalue weighted by Gasteiger charge is -2.17. The SMILES string of the molecule is CNC(CCc1ccco1)Cc1cc(Br)ccc1OC. The van der Waals surface area contributed by atoms with Gasteiger partial charge in [-0.25, -0.2) is 0 Å². The largest absolute Gasteiger partial charge is 0.496 e. The maximum atomic E-state index is 5.43. The van der Waals surface area contributed by atoms with Gasteiger partial charge in [0.2, 0.25) is 0 Å². The van der Waals surface area contributed by atoms with Crippen LogP contribution < -0.4 is 10.1 Å². The van der Waals surface area contributed by atoms with Crippen molar-refractivity contribution in [3.05, 3.63) is 52.4 Å². The number of nitrogens with one attached hydrogen (secondary N) is 1. The van der Waals surface area contributed by atoms with Crippen LogP contribution in [0.25, 0.3) is 0 Å². The summed E-state index contributed by atoms with van der Waals surface area (Å²) in [4.78, 5) is 0. The molecule has 2 aromatic rings. The van der Waals surface area contributed by atoms with Crippen LogP contribution in [0.3, 0.4) is 0 Å². The Kier molecular flexibility index (Phi) is 5.68.